The number of allylic oxidation sites excluding steroid dienone is 4. The van der Waals surface area contributed by atoms with E-state index in [1.54, 1.807) is 10.7 Å². The fourth-order valence-electron chi connectivity index (χ4n) is 2.10. The summed E-state index contributed by atoms with van der Waals surface area (Å²) < 4.78 is 1.63. The van der Waals surface area contributed by atoms with Crippen LogP contribution in [0.1, 0.15) is 25.5 Å². The van der Waals surface area contributed by atoms with Crippen molar-refractivity contribution < 1.29 is 0 Å². The van der Waals surface area contributed by atoms with Crippen molar-refractivity contribution in [3.63, 3.8) is 0 Å². The third kappa shape index (κ3) is 1.76. The van der Waals surface area contributed by atoms with Crippen LogP contribution in [0, 0.1) is 0 Å². The van der Waals surface area contributed by atoms with Gasteiger partial charge in [-0.1, -0.05) is 29.3 Å². The van der Waals surface area contributed by atoms with Gasteiger partial charge in [0, 0.05) is 12.1 Å². The third-order valence-corrected chi connectivity index (χ3v) is 3.29. The van der Waals surface area contributed by atoms with E-state index in [-0.39, 0.29) is 0 Å². The van der Waals surface area contributed by atoms with Crippen LogP contribution in [0.4, 0.5) is 0 Å². The molecule has 2 aromatic heterocycles. The van der Waals surface area contributed by atoms with Crippen molar-refractivity contribution in [3.8, 4) is 0 Å². The second-order valence-electron chi connectivity index (χ2n) is 4.20. The van der Waals surface area contributed by atoms with Crippen LogP contribution in [0.15, 0.2) is 36.1 Å². The molecule has 0 unspecified atom stereocenters. The molecule has 0 aromatic carbocycles. The van der Waals surface area contributed by atoms with Crippen molar-refractivity contribution in [2.45, 2.75) is 19.8 Å². The standard InChI is InChI=1S/C13H12ClN3/c1-9-4-2-3-5-10(9)11-8-12(14)17-13(16-11)6-7-15-17/h3,5-8H,2,4H2,1H3. The molecular weight excluding hydrogens is 234 g/mol. The highest BCUT2D eigenvalue weighted by molar-refractivity contribution is 6.29. The molecule has 1 aliphatic rings. The Bertz CT molecular complexity index is 637. The van der Waals surface area contributed by atoms with Crippen molar-refractivity contribution in [2.24, 2.45) is 0 Å². The maximum absolute atomic E-state index is 6.18. The smallest absolute Gasteiger partial charge is 0.157 e. The minimum absolute atomic E-state index is 0.592. The SMILES string of the molecule is CC1=C(c2cc(Cl)n3nccc3n2)C=CCC1. The molecule has 3 nitrogen and oxygen atoms in total. The first-order valence-electron chi connectivity index (χ1n) is 5.62. The second-order valence-corrected chi connectivity index (χ2v) is 4.59. The Morgan fingerprint density at radius 2 is 2.29 bits per heavy atom. The zero-order valence-electron chi connectivity index (χ0n) is 9.52. The number of halogens is 1. The van der Waals surface area contributed by atoms with E-state index in [0.717, 1.165) is 24.2 Å². The van der Waals surface area contributed by atoms with Gasteiger partial charge in [0.05, 0.1) is 11.9 Å². The summed E-state index contributed by atoms with van der Waals surface area (Å²) in [5, 5.41) is 4.70. The number of nitrogens with zero attached hydrogens (tertiary/aromatic N) is 3. The Morgan fingerprint density at radius 1 is 1.41 bits per heavy atom. The molecule has 2 aromatic rings. The normalized spacial score (nSPS) is 15.9. The van der Waals surface area contributed by atoms with E-state index in [0.29, 0.717) is 5.15 Å². The average Bonchev–Trinajstić information content (AvgIpc) is 2.78. The zero-order chi connectivity index (χ0) is 11.8. The van der Waals surface area contributed by atoms with E-state index in [1.165, 1.54) is 11.1 Å². The molecule has 0 fully saturated rings. The third-order valence-electron chi connectivity index (χ3n) is 3.02. The predicted molar refractivity (Wildman–Crippen MR) is 69.0 cm³/mol. The van der Waals surface area contributed by atoms with Crippen molar-refractivity contribution >= 4 is 22.8 Å². The molecule has 4 heteroatoms. The lowest BCUT2D eigenvalue weighted by atomic mass is 9.97. The van der Waals surface area contributed by atoms with Crippen molar-refractivity contribution in [1.82, 2.24) is 14.6 Å². The number of fused-ring (bicyclic) bond motifs is 1. The van der Waals surface area contributed by atoms with Crippen LogP contribution in [0.25, 0.3) is 11.2 Å². The number of aromatic nitrogens is 3. The van der Waals surface area contributed by atoms with Crippen LogP contribution < -0.4 is 0 Å². The van der Waals surface area contributed by atoms with E-state index < -0.39 is 0 Å². The van der Waals surface area contributed by atoms with E-state index in [2.05, 4.69) is 29.2 Å². The van der Waals surface area contributed by atoms with Crippen LogP contribution in [0.3, 0.4) is 0 Å². The van der Waals surface area contributed by atoms with Gasteiger partial charge in [-0.25, -0.2) is 9.50 Å². The van der Waals surface area contributed by atoms with E-state index in [9.17, 15) is 0 Å². The Labute approximate surface area is 104 Å². The average molecular weight is 246 g/mol. The molecule has 86 valence electrons. The predicted octanol–water partition coefficient (Wildman–Crippen LogP) is 3.51. The maximum atomic E-state index is 6.18. The Hall–Kier alpha value is -1.61. The molecule has 0 radical (unpaired) electrons. The minimum Gasteiger partial charge on any atom is -0.228 e. The summed E-state index contributed by atoms with van der Waals surface area (Å²) in [4.78, 5) is 4.58. The summed E-state index contributed by atoms with van der Waals surface area (Å²) in [6.45, 7) is 2.15. The molecule has 0 saturated carbocycles. The van der Waals surface area contributed by atoms with E-state index in [1.807, 2.05) is 12.1 Å². The number of hydrogen-bond donors (Lipinski definition) is 0. The van der Waals surface area contributed by atoms with Gasteiger partial charge in [-0.15, -0.1) is 0 Å². The molecule has 2 heterocycles. The highest BCUT2D eigenvalue weighted by Gasteiger charge is 2.11. The fraction of sp³-hybridized carbons (Fsp3) is 0.231. The van der Waals surface area contributed by atoms with Gasteiger partial charge in [-0.05, 0) is 25.3 Å². The summed E-state index contributed by atoms with van der Waals surface area (Å²) in [5.74, 6) is 0. The van der Waals surface area contributed by atoms with Gasteiger partial charge >= 0.3 is 0 Å². The molecule has 1 aliphatic carbocycles. The lowest BCUT2D eigenvalue weighted by molar-refractivity contribution is 0.931. The first kappa shape index (κ1) is 10.5. The monoisotopic (exact) mass is 245 g/mol. The first-order valence-corrected chi connectivity index (χ1v) is 6.00. The van der Waals surface area contributed by atoms with E-state index in [4.69, 9.17) is 11.6 Å². The van der Waals surface area contributed by atoms with Gasteiger partial charge in [0.1, 0.15) is 5.15 Å². The topological polar surface area (TPSA) is 30.2 Å². The van der Waals surface area contributed by atoms with Gasteiger partial charge < -0.3 is 0 Å². The fourth-order valence-corrected chi connectivity index (χ4v) is 2.33. The van der Waals surface area contributed by atoms with Crippen LogP contribution in [-0.4, -0.2) is 14.6 Å². The lowest BCUT2D eigenvalue weighted by Gasteiger charge is -2.12. The minimum atomic E-state index is 0.592. The quantitative estimate of drug-likeness (QED) is 0.720. The van der Waals surface area contributed by atoms with Gasteiger partial charge in [0.15, 0.2) is 5.65 Å². The van der Waals surface area contributed by atoms with Gasteiger partial charge in [0.2, 0.25) is 0 Å². The molecule has 0 atom stereocenters. The molecule has 0 spiro atoms. The van der Waals surface area contributed by atoms with Gasteiger partial charge in [0.25, 0.3) is 0 Å². The lowest BCUT2D eigenvalue weighted by Crippen LogP contribution is -1.99. The highest BCUT2D eigenvalue weighted by Crippen LogP contribution is 2.27. The van der Waals surface area contributed by atoms with E-state index >= 15 is 0 Å². The molecule has 0 aliphatic heterocycles. The number of hydrogen-bond acceptors (Lipinski definition) is 2. The highest BCUT2D eigenvalue weighted by atomic mass is 35.5. The Morgan fingerprint density at radius 3 is 3.12 bits per heavy atom. The van der Waals surface area contributed by atoms with Crippen molar-refractivity contribution in [2.75, 3.05) is 0 Å². The molecule has 17 heavy (non-hydrogen) atoms. The molecule has 0 saturated heterocycles. The van der Waals surface area contributed by atoms with Crippen LogP contribution in [-0.2, 0) is 0 Å². The van der Waals surface area contributed by atoms with Crippen LogP contribution in [0.2, 0.25) is 5.15 Å². The second kappa shape index (κ2) is 4.00. The van der Waals surface area contributed by atoms with Crippen molar-refractivity contribution in [1.29, 1.82) is 0 Å². The molecule has 0 amide bonds. The van der Waals surface area contributed by atoms with Gasteiger partial charge in [-0.3, -0.25) is 0 Å². The first-order chi connectivity index (χ1) is 8.25. The summed E-state index contributed by atoms with van der Waals surface area (Å²) in [6, 6.07) is 3.73. The zero-order valence-corrected chi connectivity index (χ0v) is 10.3. The maximum Gasteiger partial charge on any atom is 0.157 e. The Kier molecular flexibility index (Phi) is 2.48. The van der Waals surface area contributed by atoms with Crippen LogP contribution >= 0.6 is 11.6 Å². The molecule has 0 bridgehead atoms. The summed E-state index contributed by atoms with van der Waals surface area (Å²) in [6.07, 6.45) is 8.21. The van der Waals surface area contributed by atoms with Crippen molar-refractivity contribution in [3.05, 3.63) is 46.9 Å². The molecular formula is C13H12ClN3. The Balaban J connectivity index is 2.21. The summed E-state index contributed by atoms with van der Waals surface area (Å²) >= 11 is 6.18. The summed E-state index contributed by atoms with van der Waals surface area (Å²) in [5.41, 5.74) is 4.25. The van der Waals surface area contributed by atoms with Crippen LogP contribution in [0.5, 0.6) is 0 Å². The summed E-state index contributed by atoms with van der Waals surface area (Å²) in [7, 11) is 0. The number of rotatable bonds is 1. The van der Waals surface area contributed by atoms with Gasteiger partial charge in [-0.2, -0.15) is 5.10 Å². The molecule has 3 rings (SSSR count). The largest absolute Gasteiger partial charge is 0.228 e. The molecule has 0 N–H and O–H groups in total.